The maximum Gasteiger partial charge on any atom is 0.195 e. The first kappa shape index (κ1) is 13.8. The van der Waals surface area contributed by atoms with Crippen LogP contribution in [0.15, 0.2) is 60.0 Å². The molecule has 0 spiro atoms. The Morgan fingerprint density at radius 2 is 1.67 bits per heavy atom. The van der Waals surface area contributed by atoms with E-state index in [9.17, 15) is 8.78 Å². The molecule has 0 aliphatic heterocycles. The van der Waals surface area contributed by atoms with Gasteiger partial charge in [0.2, 0.25) is 0 Å². The first-order chi connectivity index (χ1) is 10.3. The van der Waals surface area contributed by atoms with Crippen LogP contribution in [0.4, 0.5) is 8.78 Å². The zero-order chi connectivity index (χ0) is 14.7. The summed E-state index contributed by atoms with van der Waals surface area (Å²) in [6.45, 7) is 0. The van der Waals surface area contributed by atoms with Crippen LogP contribution in [0.25, 0.3) is 5.69 Å². The summed E-state index contributed by atoms with van der Waals surface area (Å²) in [5.41, 5.74) is 0.948. The average Bonchev–Trinajstić information content (AvgIpc) is 2.96. The molecule has 0 saturated heterocycles. The number of rotatable bonds is 4. The van der Waals surface area contributed by atoms with E-state index in [4.69, 9.17) is 0 Å². The summed E-state index contributed by atoms with van der Waals surface area (Å²) in [7, 11) is 0. The Morgan fingerprint density at radius 3 is 2.38 bits per heavy atom. The lowest BCUT2D eigenvalue weighted by molar-refractivity contribution is 0.566. The lowest BCUT2D eigenvalue weighted by atomic mass is 10.2. The van der Waals surface area contributed by atoms with E-state index in [0.717, 1.165) is 5.69 Å². The Balaban J connectivity index is 1.83. The molecular formula is C15H11F2N3S. The molecule has 0 unspecified atom stereocenters. The molecule has 2 aromatic carbocycles. The van der Waals surface area contributed by atoms with Gasteiger partial charge in [-0.1, -0.05) is 36.0 Å². The molecule has 1 heterocycles. The second-order valence-corrected chi connectivity index (χ2v) is 5.25. The average molecular weight is 303 g/mol. The SMILES string of the molecule is Fc1cccc(F)c1CSc1nncn1-c1ccccc1. The highest BCUT2D eigenvalue weighted by molar-refractivity contribution is 7.98. The van der Waals surface area contributed by atoms with Crippen molar-refractivity contribution in [2.75, 3.05) is 0 Å². The zero-order valence-corrected chi connectivity index (χ0v) is 11.7. The molecule has 3 rings (SSSR count). The molecular weight excluding hydrogens is 292 g/mol. The zero-order valence-electron chi connectivity index (χ0n) is 10.9. The van der Waals surface area contributed by atoms with Gasteiger partial charge < -0.3 is 0 Å². The summed E-state index contributed by atoms with van der Waals surface area (Å²) >= 11 is 1.24. The van der Waals surface area contributed by atoms with Crippen molar-refractivity contribution in [2.24, 2.45) is 0 Å². The van der Waals surface area contributed by atoms with E-state index in [1.807, 2.05) is 30.3 Å². The highest BCUT2D eigenvalue weighted by Crippen LogP contribution is 2.25. The van der Waals surface area contributed by atoms with Gasteiger partial charge in [-0.3, -0.25) is 4.57 Å². The molecule has 0 fully saturated rings. The largest absolute Gasteiger partial charge is 0.277 e. The van der Waals surface area contributed by atoms with E-state index in [2.05, 4.69) is 10.2 Å². The van der Waals surface area contributed by atoms with Crippen LogP contribution in [0.2, 0.25) is 0 Å². The van der Waals surface area contributed by atoms with Crippen molar-refractivity contribution in [3.05, 3.63) is 72.1 Å². The van der Waals surface area contributed by atoms with Crippen LogP contribution in [0, 0.1) is 11.6 Å². The fourth-order valence-corrected chi connectivity index (χ4v) is 2.84. The summed E-state index contributed by atoms with van der Waals surface area (Å²) in [5, 5.41) is 8.45. The summed E-state index contributed by atoms with van der Waals surface area (Å²) in [5.74, 6) is -0.939. The molecule has 0 aliphatic carbocycles. The number of halogens is 2. The lowest BCUT2D eigenvalue weighted by Crippen LogP contribution is -1.97. The van der Waals surface area contributed by atoms with Gasteiger partial charge in [-0.15, -0.1) is 10.2 Å². The van der Waals surface area contributed by atoms with Gasteiger partial charge in [-0.25, -0.2) is 8.78 Å². The molecule has 106 valence electrons. The number of para-hydroxylation sites is 1. The normalized spacial score (nSPS) is 10.8. The Kier molecular flexibility index (Phi) is 3.96. The molecule has 3 nitrogen and oxygen atoms in total. The van der Waals surface area contributed by atoms with Gasteiger partial charge in [0.25, 0.3) is 0 Å². The molecule has 6 heteroatoms. The fourth-order valence-electron chi connectivity index (χ4n) is 1.90. The Labute approximate surface area is 124 Å². The third-order valence-corrected chi connectivity index (χ3v) is 3.93. The first-order valence-electron chi connectivity index (χ1n) is 6.27. The summed E-state index contributed by atoms with van der Waals surface area (Å²) in [6.07, 6.45) is 1.58. The van der Waals surface area contributed by atoms with Gasteiger partial charge >= 0.3 is 0 Å². The van der Waals surface area contributed by atoms with Crippen molar-refractivity contribution < 1.29 is 8.78 Å². The number of hydrogen-bond donors (Lipinski definition) is 0. The van der Waals surface area contributed by atoms with Crippen molar-refractivity contribution in [2.45, 2.75) is 10.9 Å². The molecule has 3 aromatic rings. The minimum absolute atomic E-state index is 0.0464. The number of aromatic nitrogens is 3. The summed E-state index contributed by atoms with van der Waals surface area (Å²) < 4.78 is 29.0. The third-order valence-electron chi connectivity index (χ3n) is 2.96. The van der Waals surface area contributed by atoms with Crippen molar-refractivity contribution in [1.82, 2.24) is 14.8 Å². The van der Waals surface area contributed by atoms with Crippen LogP contribution < -0.4 is 0 Å². The van der Waals surface area contributed by atoms with Crippen LogP contribution in [0.1, 0.15) is 5.56 Å². The molecule has 0 radical (unpaired) electrons. The van der Waals surface area contributed by atoms with Crippen LogP contribution in [-0.2, 0) is 5.75 Å². The van der Waals surface area contributed by atoms with Gasteiger partial charge in [0.05, 0.1) is 0 Å². The van der Waals surface area contributed by atoms with E-state index < -0.39 is 11.6 Å². The van der Waals surface area contributed by atoms with Gasteiger partial charge in [0.1, 0.15) is 18.0 Å². The predicted molar refractivity (Wildman–Crippen MR) is 77.3 cm³/mol. The standard InChI is InChI=1S/C15H11F2N3S/c16-13-7-4-8-14(17)12(13)9-21-15-19-18-10-20(15)11-5-2-1-3-6-11/h1-8,10H,9H2. The quantitative estimate of drug-likeness (QED) is 0.686. The van der Waals surface area contributed by atoms with Crippen molar-refractivity contribution in [3.63, 3.8) is 0 Å². The van der Waals surface area contributed by atoms with Crippen LogP contribution >= 0.6 is 11.8 Å². The summed E-state index contributed by atoms with van der Waals surface area (Å²) in [4.78, 5) is 0. The lowest BCUT2D eigenvalue weighted by Gasteiger charge is -2.07. The maximum atomic E-state index is 13.6. The smallest absolute Gasteiger partial charge is 0.195 e. The van der Waals surface area contributed by atoms with Crippen LogP contribution in [0.5, 0.6) is 0 Å². The molecule has 0 N–H and O–H groups in total. The topological polar surface area (TPSA) is 30.7 Å². The van der Waals surface area contributed by atoms with Crippen molar-refractivity contribution >= 4 is 11.8 Å². The Bertz CT molecular complexity index is 723. The molecule has 0 amide bonds. The third kappa shape index (κ3) is 2.95. The number of hydrogen-bond acceptors (Lipinski definition) is 3. The second-order valence-electron chi connectivity index (χ2n) is 4.31. The van der Waals surface area contributed by atoms with Gasteiger partial charge in [0.15, 0.2) is 5.16 Å². The van der Waals surface area contributed by atoms with Crippen molar-refractivity contribution in [1.29, 1.82) is 0 Å². The Morgan fingerprint density at radius 1 is 0.952 bits per heavy atom. The second kappa shape index (κ2) is 6.05. The first-order valence-corrected chi connectivity index (χ1v) is 7.25. The van der Waals surface area contributed by atoms with E-state index >= 15 is 0 Å². The molecule has 0 bridgehead atoms. The maximum absolute atomic E-state index is 13.6. The van der Waals surface area contributed by atoms with Gasteiger partial charge in [-0.2, -0.15) is 0 Å². The monoisotopic (exact) mass is 303 g/mol. The molecule has 1 aromatic heterocycles. The van der Waals surface area contributed by atoms with E-state index in [1.54, 1.807) is 10.9 Å². The minimum Gasteiger partial charge on any atom is -0.277 e. The summed E-state index contributed by atoms with van der Waals surface area (Å²) in [6, 6.07) is 13.4. The Hall–Kier alpha value is -2.21. The number of nitrogens with zero attached hydrogens (tertiary/aromatic N) is 3. The van der Waals surface area contributed by atoms with Crippen molar-refractivity contribution in [3.8, 4) is 5.69 Å². The van der Waals surface area contributed by atoms with Crippen LogP contribution in [-0.4, -0.2) is 14.8 Å². The van der Waals surface area contributed by atoms with E-state index in [0.29, 0.717) is 5.16 Å². The highest BCUT2D eigenvalue weighted by atomic mass is 32.2. The van der Waals surface area contributed by atoms with Gasteiger partial charge in [0, 0.05) is 17.0 Å². The number of benzene rings is 2. The van der Waals surface area contributed by atoms with E-state index in [-0.39, 0.29) is 11.3 Å². The fraction of sp³-hybridized carbons (Fsp3) is 0.0667. The number of thioether (sulfide) groups is 1. The molecule has 0 saturated carbocycles. The highest BCUT2D eigenvalue weighted by Gasteiger charge is 2.12. The minimum atomic E-state index is -0.548. The molecule has 0 aliphatic rings. The van der Waals surface area contributed by atoms with Gasteiger partial charge in [-0.05, 0) is 24.3 Å². The molecule has 0 atom stereocenters. The predicted octanol–water partition coefficient (Wildman–Crippen LogP) is 3.84. The van der Waals surface area contributed by atoms with Crippen LogP contribution in [0.3, 0.4) is 0 Å². The van der Waals surface area contributed by atoms with E-state index in [1.165, 1.54) is 30.0 Å². The molecule has 21 heavy (non-hydrogen) atoms.